The van der Waals surface area contributed by atoms with Gasteiger partial charge in [0.2, 0.25) is 5.95 Å². The minimum absolute atomic E-state index is 0.0106. The average Bonchev–Trinajstić information content (AvgIpc) is 2.81. The molecular formula is C25H36N4O3. The minimum Gasteiger partial charge on any atom is -0.390 e. The first kappa shape index (κ1) is 20.8. The number of nitrogens with zero attached hydrogens (tertiary/aromatic N) is 3. The summed E-state index contributed by atoms with van der Waals surface area (Å²) in [5.74, 6) is 2.51. The molecule has 2 heterocycles. The molecule has 4 bridgehead atoms. The topological polar surface area (TPSA) is 87.6 Å². The molecule has 174 valence electrons. The average molecular weight is 441 g/mol. The maximum Gasteiger partial charge on any atom is 0.254 e. The normalized spacial score (nSPS) is 37.0. The highest BCUT2D eigenvalue weighted by Crippen LogP contribution is 2.55. The molecule has 7 heteroatoms. The first-order chi connectivity index (χ1) is 15.6. The van der Waals surface area contributed by atoms with E-state index >= 15 is 0 Å². The second-order valence-corrected chi connectivity index (χ2v) is 11.1. The van der Waals surface area contributed by atoms with Crippen LogP contribution < -0.4 is 10.2 Å². The summed E-state index contributed by atoms with van der Waals surface area (Å²) < 4.78 is 5.49. The van der Waals surface area contributed by atoms with Gasteiger partial charge in [-0.15, -0.1) is 0 Å². The summed E-state index contributed by atoms with van der Waals surface area (Å²) in [4.78, 5) is 25.4. The Morgan fingerprint density at radius 3 is 2.50 bits per heavy atom. The number of carbonyl (C=O) groups excluding carboxylic acids is 1. The lowest BCUT2D eigenvalue weighted by atomic mass is 9.52. The third kappa shape index (κ3) is 3.81. The van der Waals surface area contributed by atoms with E-state index in [1.54, 1.807) is 6.20 Å². The fourth-order valence-electron chi connectivity index (χ4n) is 7.61. The van der Waals surface area contributed by atoms with Crippen LogP contribution >= 0.6 is 0 Å². The summed E-state index contributed by atoms with van der Waals surface area (Å²) in [6.45, 7) is 2.99. The van der Waals surface area contributed by atoms with Crippen molar-refractivity contribution in [2.24, 2.45) is 17.8 Å². The quantitative estimate of drug-likeness (QED) is 0.748. The van der Waals surface area contributed by atoms with Crippen molar-refractivity contribution in [3.05, 3.63) is 17.5 Å². The fraction of sp³-hybridized carbons (Fsp3) is 0.800. The Morgan fingerprint density at radius 1 is 1.09 bits per heavy atom. The molecule has 0 aromatic carbocycles. The number of aliphatic hydroxyl groups is 1. The van der Waals surface area contributed by atoms with Gasteiger partial charge in [-0.25, -0.2) is 9.97 Å². The molecule has 6 fully saturated rings. The summed E-state index contributed by atoms with van der Waals surface area (Å²) in [7, 11) is 0. The molecule has 32 heavy (non-hydrogen) atoms. The van der Waals surface area contributed by atoms with Gasteiger partial charge in [0, 0.05) is 31.2 Å². The predicted molar refractivity (Wildman–Crippen MR) is 121 cm³/mol. The van der Waals surface area contributed by atoms with E-state index in [0.717, 1.165) is 69.7 Å². The van der Waals surface area contributed by atoms with Crippen LogP contribution in [-0.4, -0.2) is 58.9 Å². The Kier molecular flexibility index (Phi) is 5.37. The van der Waals surface area contributed by atoms with Gasteiger partial charge in [-0.1, -0.05) is 19.3 Å². The molecule has 2 N–H and O–H groups in total. The number of morpholine rings is 1. The lowest BCUT2D eigenvalue weighted by Gasteiger charge is -2.58. The van der Waals surface area contributed by atoms with Crippen LogP contribution in [0.25, 0.3) is 0 Å². The SMILES string of the molecule is O=C(N[C@H]1C2CC3CC1C[C@@](O)(C3)C2)c1cnc(N2CCOCC2)nc1C1CCCCC1. The summed E-state index contributed by atoms with van der Waals surface area (Å²) in [6, 6.07) is 0.178. The first-order valence-electron chi connectivity index (χ1n) is 12.8. The minimum atomic E-state index is -0.478. The van der Waals surface area contributed by atoms with Crippen LogP contribution in [0.5, 0.6) is 0 Å². The highest BCUT2D eigenvalue weighted by molar-refractivity contribution is 5.95. The monoisotopic (exact) mass is 440 g/mol. The van der Waals surface area contributed by atoms with Crippen LogP contribution in [0.3, 0.4) is 0 Å². The van der Waals surface area contributed by atoms with Crippen molar-refractivity contribution in [3.63, 3.8) is 0 Å². The van der Waals surface area contributed by atoms with E-state index in [1.807, 2.05) is 0 Å². The van der Waals surface area contributed by atoms with Crippen LogP contribution in [0.1, 0.15) is 86.2 Å². The van der Waals surface area contributed by atoms with Crippen LogP contribution in [0.2, 0.25) is 0 Å². The Morgan fingerprint density at radius 2 is 1.81 bits per heavy atom. The van der Waals surface area contributed by atoms with Gasteiger partial charge in [-0.3, -0.25) is 4.79 Å². The second-order valence-electron chi connectivity index (χ2n) is 11.1. The first-order valence-corrected chi connectivity index (χ1v) is 12.8. The van der Waals surface area contributed by atoms with Gasteiger partial charge in [0.1, 0.15) is 0 Å². The zero-order valence-corrected chi connectivity index (χ0v) is 19.0. The van der Waals surface area contributed by atoms with Crippen molar-refractivity contribution in [1.29, 1.82) is 0 Å². The Labute approximate surface area is 190 Å². The number of amides is 1. The van der Waals surface area contributed by atoms with Crippen molar-refractivity contribution in [2.75, 3.05) is 31.2 Å². The van der Waals surface area contributed by atoms with Crippen molar-refractivity contribution >= 4 is 11.9 Å². The molecule has 1 aromatic rings. The third-order valence-corrected chi connectivity index (χ3v) is 8.87. The summed E-state index contributed by atoms with van der Waals surface area (Å²) in [6.07, 6.45) is 12.6. The Balaban J connectivity index is 1.25. The van der Waals surface area contributed by atoms with Crippen molar-refractivity contribution in [2.45, 2.75) is 81.8 Å². The van der Waals surface area contributed by atoms with Crippen molar-refractivity contribution in [3.8, 4) is 0 Å². The van der Waals surface area contributed by atoms with Gasteiger partial charge in [0.15, 0.2) is 0 Å². The molecule has 6 aliphatic rings. The largest absolute Gasteiger partial charge is 0.390 e. The summed E-state index contributed by atoms with van der Waals surface area (Å²) in [5.41, 5.74) is 1.14. The highest BCUT2D eigenvalue weighted by Gasteiger charge is 2.55. The summed E-state index contributed by atoms with van der Waals surface area (Å²) in [5, 5.41) is 14.3. The van der Waals surface area contributed by atoms with Crippen LogP contribution in [0.4, 0.5) is 5.95 Å². The van der Waals surface area contributed by atoms with Gasteiger partial charge in [0.25, 0.3) is 5.91 Å². The van der Waals surface area contributed by atoms with E-state index in [1.165, 1.54) is 19.3 Å². The molecular weight excluding hydrogens is 404 g/mol. The van der Waals surface area contributed by atoms with Crippen molar-refractivity contribution < 1.29 is 14.6 Å². The Hall–Kier alpha value is -1.73. The molecule has 7 nitrogen and oxygen atoms in total. The van der Waals surface area contributed by atoms with Gasteiger partial charge in [0.05, 0.1) is 30.1 Å². The Bertz CT molecular complexity index is 849. The number of hydrogen-bond donors (Lipinski definition) is 2. The van der Waals surface area contributed by atoms with E-state index in [0.29, 0.717) is 42.4 Å². The molecule has 0 spiro atoms. The van der Waals surface area contributed by atoms with E-state index < -0.39 is 5.60 Å². The number of anilines is 1. The molecule has 1 amide bonds. The maximum atomic E-state index is 13.6. The zero-order valence-electron chi connectivity index (χ0n) is 19.0. The predicted octanol–water partition coefficient (Wildman–Crippen LogP) is 3.03. The molecule has 0 radical (unpaired) electrons. The highest BCUT2D eigenvalue weighted by atomic mass is 16.5. The van der Waals surface area contributed by atoms with Gasteiger partial charge < -0.3 is 20.1 Å². The number of hydrogen-bond acceptors (Lipinski definition) is 6. The smallest absolute Gasteiger partial charge is 0.254 e. The van der Waals surface area contributed by atoms with Gasteiger partial charge >= 0.3 is 0 Å². The molecule has 1 saturated heterocycles. The van der Waals surface area contributed by atoms with E-state index in [4.69, 9.17) is 9.72 Å². The molecule has 1 aliphatic heterocycles. The maximum absolute atomic E-state index is 13.6. The van der Waals surface area contributed by atoms with Crippen LogP contribution in [0, 0.1) is 17.8 Å². The number of ether oxygens (including phenoxy) is 1. The number of carbonyl (C=O) groups is 1. The van der Waals surface area contributed by atoms with E-state index in [2.05, 4.69) is 15.2 Å². The lowest BCUT2D eigenvalue weighted by Crippen LogP contribution is -2.61. The molecule has 7 rings (SSSR count). The molecule has 2 unspecified atom stereocenters. The number of nitrogens with one attached hydrogen (secondary N) is 1. The van der Waals surface area contributed by atoms with E-state index in [9.17, 15) is 9.90 Å². The third-order valence-electron chi connectivity index (χ3n) is 8.87. The van der Waals surface area contributed by atoms with Gasteiger partial charge in [-0.05, 0) is 62.7 Å². The number of rotatable bonds is 4. The number of aromatic nitrogens is 2. The molecule has 5 saturated carbocycles. The molecule has 2 atom stereocenters. The molecule has 1 aromatic heterocycles. The fourth-order valence-corrected chi connectivity index (χ4v) is 7.61. The van der Waals surface area contributed by atoms with Crippen LogP contribution in [0.15, 0.2) is 6.20 Å². The van der Waals surface area contributed by atoms with Gasteiger partial charge in [-0.2, -0.15) is 0 Å². The van der Waals surface area contributed by atoms with Crippen LogP contribution in [-0.2, 0) is 4.74 Å². The summed E-state index contributed by atoms with van der Waals surface area (Å²) >= 11 is 0. The second kappa shape index (κ2) is 8.24. The van der Waals surface area contributed by atoms with Crippen molar-refractivity contribution in [1.82, 2.24) is 15.3 Å². The molecule has 5 aliphatic carbocycles. The lowest BCUT2D eigenvalue weighted by molar-refractivity contribution is -0.136. The van der Waals surface area contributed by atoms with E-state index in [-0.39, 0.29) is 11.9 Å². The standard InChI is InChI=1S/C25H36N4O3/c30-23(27-21-18-10-16-11-19(21)14-25(31,12-16)13-18)20-15-26-24(29-6-8-32-9-7-29)28-22(20)17-4-2-1-3-5-17/h15-19,21,31H,1-14H2,(H,27,30)/t16?,18?,19?,21-,25+. The zero-order chi connectivity index (χ0) is 21.7.